The van der Waals surface area contributed by atoms with E-state index < -0.39 is 78.1 Å². The van der Waals surface area contributed by atoms with Crippen molar-refractivity contribution in [2.24, 2.45) is 27.3 Å². The van der Waals surface area contributed by atoms with Crippen LogP contribution in [-0.2, 0) is 57.6 Å². The molecule has 0 unspecified atom stereocenters. The number of hydrazone groups is 1. The number of guanidine groups is 1. The number of hydrogen-bond acceptors (Lipinski definition) is 12. The summed E-state index contributed by atoms with van der Waals surface area (Å²) in [5, 5.41) is 23.5. The molecule has 0 bridgehead atoms. The third kappa shape index (κ3) is 24.1. The summed E-state index contributed by atoms with van der Waals surface area (Å²) in [6, 6.07) is 10.0. The van der Waals surface area contributed by atoms with Crippen LogP contribution < -0.4 is 59.8 Å². The van der Waals surface area contributed by atoms with E-state index in [1.165, 1.54) is 58.0 Å². The Morgan fingerprint density at radius 3 is 1.96 bits per heavy atom. The van der Waals surface area contributed by atoms with Crippen molar-refractivity contribution in [1.29, 1.82) is 0 Å². The Balaban J connectivity index is 1.32. The molecule has 0 spiro atoms. The van der Waals surface area contributed by atoms with E-state index in [0.717, 1.165) is 41.9 Å². The Hall–Kier alpha value is -8.31. The minimum atomic E-state index is -1.31. The van der Waals surface area contributed by atoms with E-state index in [9.17, 15) is 38.4 Å². The monoisotopic (exact) mass is 1080 g/mol. The number of aliphatic imine (C=N–C) groups is 1. The third-order valence-electron chi connectivity index (χ3n) is 12.6. The summed E-state index contributed by atoms with van der Waals surface area (Å²) in [7, 11) is 0. The van der Waals surface area contributed by atoms with Crippen LogP contribution in [0.5, 0.6) is 0 Å². The van der Waals surface area contributed by atoms with Gasteiger partial charge in [-0.3, -0.25) is 43.3 Å². The molecule has 2 aromatic heterocycles. The van der Waals surface area contributed by atoms with Crippen molar-refractivity contribution in [2.75, 3.05) is 26.2 Å². The molecule has 78 heavy (non-hydrogen) atoms. The first kappa shape index (κ1) is 62.2. The van der Waals surface area contributed by atoms with Crippen LogP contribution in [0, 0.1) is 0 Å². The van der Waals surface area contributed by atoms with Gasteiger partial charge in [0.15, 0.2) is 5.96 Å². The van der Waals surface area contributed by atoms with Gasteiger partial charge in [-0.15, -0.1) is 0 Å². The van der Waals surface area contributed by atoms with Crippen LogP contribution in [0.2, 0.25) is 0 Å². The second-order valence-corrected chi connectivity index (χ2v) is 19.1. The number of imidazole rings is 1. The standard InChI is InChI=1S/C54H80N16O8/c1-3-4-5-6-7-8-9-10-14-24-46(71)59-26-18-27-60-47(72)33-64-65-34-48(73)66-36(2)50(75)69-45(30-39-32-58-35-63-39)53(78)70-44(28-37-19-12-11-13-20-37)52(77)67-42(23-17-25-61-54(56)57)51(76)68-43(49(55)74)29-38-31-62-41-22-16-15-21-40(38)41/h11-13,15-16,19-22,31-33,35-36,42-45,62,65H,3-10,14,17-18,23-30,34H2,1-2H3,(H2,55,74)(H,58,63)(H,59,71)(H,60,72)(H,66,73)(H,67,77)(H,68,76)(H,69,75)(H,70,78)(H4,56,57,61)/b64-33+/t36-,42-,43-,44+,45-/m0/s1. The number of nitrogens with two attached hydrogens (primary N) is 3. The minimum absolute atomic E-state index is 0.00834. The first-order chi connectivity index (χ1) is 37.6. The molecule has 16 N–H and O–H groups in total. The number of unbranched alkanes of at least 4 members (excludes halogenated alkanes) is 8. The minimum Gasteiger partial charge on any atom is -0.370 e. The summed E-state index contributed by atoms with van der Waals surface area (Å²) in [6.45, 7) is 4.04. The lowest BCUT2D eigenvalue weighted by molar-refractivity contribution is -0.135. The molecule has 0 fully saturated rings. The molecule has 5 atom stereocenters. The predicted molar refractivity (Wildman–Crippen MR) is 298 cm³/mol. The number of benzene rings is 2. The highest BCUT2D eigenvalue weighted by molar-refractivity contribution is 6.26. The summed E-state index contributed by atoms with van der Waals surface area (Å²) in [4.78, 5) is 120. The summed E-state index contributed by atoms with van der Waals surface area (Å²) in [5.41, 5.74) is 22.0. The van der Waals surface area contributed by atoms with Crippen molar-refractivity contribution in [2.45, 2.75) is 147 Å². The molecule has 424 valence electrons. The van der Waals surface area contributed by atoms with Gasteiger partial charge in [0, 0.05) is 74.3 Å². The Bertz CT molecular complexity index is 2570. The van der Waals surface area contributed by atoms with Gasteiger partial charge in [0.05, 0.1) is 6.33 Å². The van der Waals surface area contributed by atoms with Gasteiger partial charge in [-0.2, -0.15) is 5.10 Å². The number of aromatic nitrogens is 3. The van der Waals surface area contributed by atoms with Gasteiger partial charge in [0.25, 0.3) is 5.91 Å². The van der Waals surface area contributed by atoms with E-state index in [1.54, 1.807) is 36.5 Å². The number of aromatic amines is 2. The van der Waals surface area contributed by atoms with Crippen molar-refractivity contribution < 1.29 is 38.4 Å². The summed E-state index contributed by atoms with van der Waals surface area (Å²) >= 11 is 0. The number of H-pyrrole nitrogens is 2. The highest BCUT2D eigenvalue weighted by atomic mass is 16.2. The van der Waals surface area contributed by atoms with Crippen LogP contribution >= 0.6 is 0 Å². The maximum absolute atomic E-state index is 14.4. The molecule has 2 heterocycles. The number of hydrogen-bond donors (Lipinski definition) is 13. The number of primary amides is 1. The zero-order chi connectivity index (χ0) is 56.5. The molecule has 4 rings (SSSR count). The number of nitrogens with zero attached hydrogens (tertiary/aromatic N) is 3. The number of para-hydroxylation sites is 1. The maximum Gasteiger partial charge on any atom is 0.264 e. The van der Waals surface area contributed by atoms with Crippen LogP contribution in [0.3, 0.4) is 0 Å². The maximum atomic E-state index is 14.4. The van der Waals surface area contributed by atoms with Crippen LogP contribution in [0.25, 0.3) is 10.9 Å². The lowest BCUT2D eigenvalue weighted by atomic mass is 10.0. The lowest BCUT2D eigenvalue weighted by Crippen LogP contribution is -2.59. The van der Waals surface area contributed by atoms with Crippen LogP contribution in [-0.4, -0.2) is 131 Å². The predicted octanol–water partition coefficient (Wildman–Crippen LogP) is 1.02. The molecule has 0 saturated carbocycles. The number of carbonyl (C=O) groups excluding carboxylic acids is 8. The Labute approximate surface area is 455 Å². The fourth-order valence-corrected chi connectivity index (χ4v) is 8.35. The number of carbonyl (C=O) groups is 8. The Morgan fingerprint density at radius 1 is 0.641 bits per heavy atom. The summed E-state index contributed by atoms with van der Waals surface area (Å²) in [6.07, 6.45) is 17.3. The first-order valence-corrected chi connectivity index (χ1v) is 26.9. The second-order valence-electron chi connectivity index (χ2n) is 19.1. The van der Waals surface area contributed by atoms with Gasteiger partial charge >= 0.3 is 0 Å². The van der Waals surface area contributed by atoms with E-state index in [2.05, 4.69) is 74.6 Å². The molecule has 4 aromatic rings. The average Bonchev–Trinajstić information content (AvgIpc) is 4.10. The smallest absolute Gasteiger partial charge is 0.264 e. The van der Waals surface area contributed by atoms with Crippen molar-refractivity contribution in [3.63, 3.8) is 0 Å². The average molecular weight is 1080 g/mol. The zero-order valence-electron chi connectivity index (χ0n) is 44.9. The van der Waals surface area contributed by atoms with Gasteiger partial charge in [-0.1, -0.05) is 107 Å². The highest BCUT2D eigenvalue weighted by Gasteiger charge is 2.32. The van der Waals surface area contributed by atoms with Crippen LogP contribution in [0.4, 0.5) is 0 Å². The second kappa shape index (κ2) is 35.1. The zero-order valence-corrected chi connectivity index (χ0v) is 44.9. The number of rotatable bonds is 38. The number of nitrogens with one attached hydrogen (secondary N) is 10. The molecule has 2 aromatic carbocycles. The van der Waals surface area contributed by atoms with Crippen molar-refractivity contribution in [1.82, 2.24) is 57.6 Å². The van der Waals surface area contributed by atoms with E-state index in [1.807, 2.05) is 24.3 Å². The van der Waals surface area contributed by atoms with Gasteiger partial charge in [0.2, 0.25) is 41.4 Å². The highest BCUT2D eigenvalue weighted by Crippen LogP contribution is 2.19. The molecule has 24 heteroatoms. The molecule has 8 amide bonds. The largest absolute Gasteiger partial charge is 0.370 e. The third-order valence-corrected chi connectivity index (χ3v) is 12.6. The van der Waals surface area contributed by atoms with E-state index in [4.69, 9.17) is 17.2 Å². The van der Waals surface area contributed by atoms with Crippen molar-refractivity contribution >= 4 is 70.3 Å². The normalized spacial score (nSPS) is 13.0. The molecular formula is C54H80N16O8. The van der Waals surface area contributed by atoms with Gasteiger partial charge in [0.1, 0.15) is 43.0 Å². The molecular weight excluding hydrogens is 1000 g/mol. The topological polar surface area (TPSA) is 380 Å². The molecule has 0 aliphatic rings. The van der Waals surface area contributed by atoms with Crippen molar-refractivity contribution in [3.05, 3.63) is 90.1 Å². The van der Waals surface area contributed by atoms with Crippen LogP contribution in [0.15, 0.2) is 83.4 Å². The van der Waals surface area contributed by atoms with Crippen LogP contribution in [0.1, 0.15) is 114 Å². The number of fused-ring (bicyclic) bond motifs is 1. The summed E-state index contributed by atoms with van der Waals surface area (Å²) in [5.74, 6) is -5.16. The van der Waals surface area contributed by atoms with Gasteiger partial charge in [-0.25, -0.2) is 4.98 Å². The van der Waals surface area contributed by atoms with Gasteiger partial charge < -0.3 is 69.8 Å². The fourth-order valence-electron chi connectivity index (χ4n) is 8.35. The fraction of sp³-hybridized carbons (Fsp3) is 0.500. The van der Waals surface area contributed by atoms with Gasteiger partial charge in [-0.05, 0) is 49.8 Å². The lowest BCUT2D eigenvalue weighted by Gasteiger charge is -2.27. The van der Waals surface area contributed by atoms with E-state index >= 15 is 0 Å². The molecule has 0 aliphatic carbocycles. The quantitative estimate of drug-likeness (QED) is 0.0130. The Morgan fingerprint density at radius 2 is 1.27 bits per heavy atom. The van der Waals surface area contributed by atoms with E-state index in [-0.39, 0.29) is 50.5 Å². The molecule has 24 nitrogen and oxygen atoms in total. The first-order valence-electron chi connectivity index (χ1n) is 26.9. The SMILES string of the molecule is CCCCCCCCCCCC(=O)NCCCNC(=O)/C=N/NCC(=O)N[C@@H](C)C(=O)N[C@@H](Cc1cnc[nH]1)C(=O)N[C@H](Cc1ccccc1)C(=O)N[C@@H](CCCN=C(N)N)C(=O)N[C@@H](Cc1c[nH]c2ccccc12)C(N)=O. The molecule has 0 saturated heterocycles. The number of amides is 8. The summed E-state index contributed by atoms with van der Waals surface area (Å²) < 4.78 is 0. The van der Waals surface area contributed by atoms with E-state index in [0.29, 0.717) is 37.2 Å². The van der Waals surface area contributed by atoms with Crippen molar-refractivity contribution in [3.8, 4) is 0 Å². The molecule has 0 aliphatic heterocycles. The Kier molecular flexibility index (Phi) is 28.0. The molecule has 0 radical (unpaired) electrons.